The van der Waals surface area contributed by atoms with E-state index in [0.717, 1.165) is 12.1 Å². The molecule has 0 saturated carbocycles. The number of hydrogen-bond donors (Lipinski definition) is 0. The first-order chi connectivity index (χ1) is 12.2. The number of carbonyl (C=O) groups excluding carboxylic acids is 2. The Kier molecular flexibility index (Phi) is 4.01. The van der Waals surface area contributed by atoms with E-state index < -0.39 is 0 Å². The molecule has 2 aliphatic rings. The van der Waals surface area contributed by atoms with E-state index in [9.17, 15) is 9.59 Å². The lowest BCUT2D eigenvalue weighted by molar-refractivity contribution is -0.122. The molecule has 3 heterocycles. The minimum absolute atomic E-state index is 0.0515. The topological polar surface area (TPSA) is 75.9 Å². The maximum absolute atomic E-state index is 12.5. The Bertz CT molecular complexity index is 762. The molecule has 1 aromatic carbocycles. The van der Waals surface area contributed by atoms with E-state index in [0.29, 0.717) is 31.9 Å². The van der Waals surface area contributed by atoms with Crippen LogP contribution >= 0.6 is 0 Å². The lowest BCUT2D eigenvalue weighted by Gasteiger charge is -2.31. The zero-order valence-electron chi connectivity index (χ0n) is 13.8. The van der Waals surface area contributed by atoms with Gasteiger partial charge in [0, 0.05) is 30.7 Å². The maximum atomic E-state index is 12.5. The Balaban J connectivity index is 1.55. The van der Waals surface area contributed by atoms with Crippen molar-refractivity contribution in [3.8, 4) is 0 Å². The fourth-order valence-corrected chi connectivity index (χ4v) is 3.58. The number of likely N-dealkylation sites (tertiary alicyclic amines) is 1. The lowest BCUT2D eigenvalue weighted by atomic mass is 9.87. The molecule has 1 unspecified atom stereocenters. The minimum Gasteiger partial charge on any atom is -0.451 e. The van der Waals surface area contributed by atoms with E-state index in [1.54, 1.807) is 9.80 Å². The molecule has 2 aromatic rings. The summed E-state index contributed by atoms with van der Waals surface area (Å²) in [4.78, 5) is 32.4. The number of ether oxygens (including phenoxy) is 1. The average molecular weight is 341 g/mol. The summed E-state index contributed by atoms with van der Waals surface area (Å²) in [5.74, 6) is -0.197. The van der Waals surface area contributed by atoms with E-state index in [2.05, 4.69) is 4.98 Å². The molecule has 2 amide bonds. The van der Waals surface area contributed by atoms with Gasteiger partial charge in [-0.3, -0.25) is 9.59 Å². The van der Waals surface area contributed by atoms with Crippen LogP contribution in [0.4, 0.5) is 5.69 Å². The van der Waals surface area contributed by atoms with E-state index in [-0.39, 0.29) is 23.8 Å². The summed E-state index contributed by atoms with van der Waals surface area (Å²) in [6.45, 7) is 2.22. The predicted octanol–water partition coefficient (Wildman–Crippen LogP) is 1.57. The van der Waals surface area contributed by atoms with Crippen LogP contribution in [0, 0.1) is 5.41 Å². The second-order valence-corrected chi connectivity index (χ2v) is 6.66. The third-order valence-corrected chi connectivity index (χ3v) is 4.87. The average Bonchev–Trinajstić information content (AvgIpc) is 3.27. The Hall–Kier alpha value is -2.67. The summed E-state index contributed by atoms with van der Waals surface area (Å²) in [6, 6.07) is 9.59. The molecule has 4 rings (SSSR count). The highest BCUT2D eigenvalue weighted by molar-refractivity contribution is 5.95. The summed E-state index contributed by atoms with van der Waals surface area (Å²) in [7, 11) is 0. The van der Waals surface area contributed by atoms with Crippen LogP contribution in [0.1, 0.15) is 16.9 Å². The monoisotopic (exact) mass is 341 g/mol. The lowest BCUT2D eigenvalue weighted by Crippen LogP contribution is -2.43. The SMILES string of the molecule is O=C(c1cocn1)N1CCC2(COCC(=O)N(c3ccccc3)C2)C1. The van der Waals surface area contributed by atoms with Crippen molar-refractivity contribution in [3.63, 3.8) is 0 Å². The van der Waals surface area contributed by atoms with Gasteiger partial charge in [0.15, 0.2) is 12.1 Å². The van der Waals surface area contributed by atoms with Crippen molar-refractivity contribution in [2.45, 2.75) is 6.42 Å². The summed E-state index contributed by atoms with van der Waals surface area (Å²) in [5, 5.41) is 0. The molecule has 25 heavy (non-hydrogen) atoms. The first kappa shape index (κ1) is 15.8. The second kappa shape index (κ2) is 6.33. The molecule has 0 radical (unpaired) electrons. The third-order valence-electron chi connectivity index (χ3n) is 4.87. The number of carbonyl (C=O) groups is 2. The number of anilines is 1. The van der Waals surface area contributed by atoms with E-state index in [1.165, 1.54) is 12.7 Å². The normalized spacial score (nSPS) is 23.9. The number of hydrogen-bond acceptors (Lipinski definition) is 5. The summed E-state index contributed by atoms with van der Waals surface area (Å²) in [5.41, 5.74) is 0.905. The van der Waals surface area contributed by atoms with Gasteiger partial charge in [-0.05, 0) is 18.6 Å². The predicted molar refractivity (Wildman–Crippen MR) is 89.1 cm³/mol. The van der Waals surface area contributed by atoms with E-state index in [1.807, 2.05) is 30.3 Å². The van der Waals surface area contributed by atoms with Crippen LogP contribution in [-0.4, -0.2) is 54.5 Å². The van der Waals surface area contributed by atoms with Gasteiger partial charge in [0.1, 0.15) is 12.9 Å². The van der Waals surface area contributed by atoms with Crippen molar-refractivity contribution < 1.29 is 18.7 Å². The van der Waals surface area contributed by atoms with Crippen molar-refractivity contribution in [2.75, 3.05) is 37.7 Å². The maximum Gasteiger partial charge on any atom is 0.275 e. The Morgan fingerprint density at radius 2 is 2.04 bits per heavy atom. The van der Waals surface area contributed by atoms with Crippen LogP contribution in [-0.2, 0) is 9.53 Å². The Morgan fingerprint density at radius 3 is 2.80 bits per heavy atom. The first-order valence-corrected chi connectivity index (χ1v) is 8.28. The number of aromatic nitrogens is 1. The van der Waals surface area contributed by atoms with Crippen molar-refractivity contribution >= 4 is 17.5 Å². The number of nitrogens with zero attached hydrogens (tertiary/aromatic N) is 3. The molecule has 0 N–H and O–H groups in total. The molecule has 7 heteroatoms. The smallest absolute Gasteiger partial charge is 0.275 e. The molecular weight excluding hydrogens is 322 g/mol. The van der Waals surface area contributed by atoms with Crippen molar-refractivity contribution in [1.29, 1.82) is 0 Å². The van der Waals surface area contributed by atoms with Gasteiger partial charge < -0.3 is 19.0 Å². The first-order valence-electron chi connectivity index (χ1n) is 8.28. The largest absolute Gasteiger partial charge is 0.451 e. The molecule has 7 nitrogen and oxygen atoms in total. The van der Waals surface area contributed by atoms with Gasteiger partial charge >= 0.3 is 0 Å². The highest BCUT2D eigenvalue weighted by atomic mass is 16.5. The highest BCUT2D eigenvalue weighted by Gasteiger charge is 2.44. The van der Waals surface area contributed by atoms with Gasteiger partial charge in [-0.25, -0.2) is 4.98 Å². The minimum atomic E-state index is -0.263. The highest BCUT2D eigenvalue weighted by Crippen LogP contribution is 2.35. The van der Waals surface area contributed by atoms with Gasteiger partial charge in [0.2, 0.25) is 0 Å². The van der Waals surface area contributed by atoms with Crippen LogP contribution in [0.25, 0.3) is 0 Å². The molecule has 130 valence electrons. The van der Waals surface area contributed by atoms with E-state index in [4.69, 9.17) is 9.15 Å². The van der Waals surface area contributed by atoms with E-state index >= 15 is 0 Å². The van der Waals surface area contributed by atoms with Crippen LogP contribution in [0.3, 0.4) is 0 Å². The number of oxazole rings is 1. The summed E-state index contributed by atoms with van der Waals surface area (Å²) < 4.78 is 10.6. The van der Waals surface area contributed by atoms with Crippen LogP contribution in [0.5, 0.6) is 0 Å². The molecule has 1 spiro atoms. The quantitative estimate of drug-likeness (QED) is 0.829. The van der Waals surface area contributed by atoms with Gasteiger partial charge in [-0.1, -0.05) is 18.2 Å². The zero-order chi connectivity index (χ0) is 17.3. The fourth-order valence-electron chi connectivity index (χ4n) is 3.58. The number of rotatable bonds is 2. The fraction of sp³-hybridized carbons (Fsp3) is 0.389. The molecule has 2 aliphatic heterocycles. The molecule has 1 atom stereocenters. The van der Waals surface area contributed by atoms with Crippen molar-refractivity contribution in [3.05, 3.63) is 48.7 Å². The summed E-state index contributed by atoms with van der Waals surface area (Å²) >= 11 is 0. The van der Waals surface area contributed by atoms with Crippen LogP contribution in [0.2, 0.25) is 0 Å². The molecule has 1 aromatic heterocycles. The molecule has 2 fully saturated rings. The standard InChI is InChI=1S/C18H19N3O4/c22-16-9-24-12-18(11-21(16)14-4-2-1-3-5-14)6-7-20(10-18)17(23)15-8-25-13-19-15/h1-5,8,13H,6-7,9-12H2. The van der Waals surface area contributed by atoms with Gasteiger partial charge in [-0.2, -0.15) is 0 Å². The van der Waals surface area contributed by atoms with Gasteiger partial charge in [0.25, 0.3) is 11.8 Å². The van der Waals surface area contributed by atoms with Gasteiger partial charge in [-0.15, -0.1) is 0 Å². The number of benzene rings is 1. The van der Waals surface area contributed by atoms with Crippen LogP contribution in [0.15, 0.2) is 47.4 Å². The Labute approximate surface area is 145 Å². The number of para-hydroxylation sites is 1. The van der Waals surface area contributed by atoms with Crippen molar-refractivity contribution in [1.82, 2.24) is 9.88 Å². The molecule has 2 saturated heterocycles. The Morgan fingerprint density at radius 1 is 1.20 bits per heavy atom. The second-order valence-electron chi connectivity index (χ2n) is 6.66. The van der Waals surface area contributed by atoms with Crippen molar-refractivity contribution in [2.24, 2.45) is 5.41 Å². The molecular formula is C18H19N3O4. The third kappa shape index (κ3) is 3.02. The molecule has 0 aliphatic carbocycles. The number of amides is 2. The van der Waals surface area contributed by atoms with Crippen LogP contribution < -0.4 is 4.90 Å². The summed E-state index contributed by atoms with van der Waals surface area (Å²) in [6.07, 6.45) is 3.40. The molecule has 0 bridgehead atoms. The van der Waals surface area contributed by atoms with Gasteiger partial charge in [0.05, 0.1) is 6.61 Å². The zero-order valence-corrected chi connectivity index (χ0v) is 13.8.